The van der Waals surface area contributed by atoms with Crippen LogP contribution < -0.4 is 15.4 Å². The van der Waals surface area contributed by atoms with Gasteiger partial charge < -0.3 is 15.4 Å². The molecule has 4 rings (SSSR count). The van der Waals surface area contributed by atoms with Gasteiger partial charge in [-0.25, -0.2) is 0 Å². The third-order valence-electron chi connectivity index (χ3n) is 4.35. The molecule has 2 heterocycles. The summed E-state index contributed by atoms with van der Waals surface area (Å²) in [6, 6.07) is 18.4. The Bertz CT molecular complexity index is 927. The molecule has 1 aromatic heterocycles. The number of para-hydroxylation sites is 1. The van der Waals surface area contributed by atoms with E-state index in [1.165, 1.54) is 16.9 Å². The highest BCUT2D eigenvalue weighted by atomic mass is 32.1. The van der Waals surface area contributed by atoms with Crippen LogP contribution in [0.25, 0.3) is 0 Å². The van der Waals surface area contributed by atoms with Crippen molar-refractivity contribution in [3.63, 3.8) is 0 Å². The van der Waals surface area contributed by atoms with Gasteiger partial charge in [-0.15, -0.1) is 11.3 Å². The van der Waals surface area contributed by atoms with Gasteiger partial charge in [0.2, 0.25) is 0 Å². The first-order valence-electron chi connectivity index (χ1n) is 8.67. The minimum Gasteiger partial charge on any atom is -0.488 e. The van der Waals surface area contributed by atoms with Crippen LogP contribution in [0, 0.1) is 0 Å². The number of thiophene rings is 1. The maximum absolute atomic E-state index is 12.3. The summed E-state index contributed by atoms with van der Waals surface area (Å²) < 4.78 is 5.83. The molecule has 0 saturated carbocycles. The molecule has 3 aromatic rings. The molecule has 0 bridgehead atoms. The van der Waals surface area contributed by atoms with Gasteiger partial charge >= 0.3 is 0 Å². The zero-order valence-corrected chi connectivity index (χ0v) is 15.3. The Morgan fingerprint density at radius 1 is 1.00 bits per heavy atom. The van der Waals surface area contributed by atoms with Gasteiger partial charge in [0.1, 0.15) is 11.9 Å². The van der Waals surface area contributed by atoms with Crippen LogP contribution in [0.2, 0.25) is 0 Å². The average Bonchev–Trinajstić information content (AvgIpc) is 3.36. The molecule has 2 N–H and O–H groups in total. The standard InChI is InChI=1S/C21H18N2O3S/c24-20(22-13-17-12-15-4-1-2-5-18(15)26-17)14-7-9-16(10-8-14)23-21(25)19-6-3-11-27-19/h1-11,17H,12-13H2,(H,22,24)(H,23,25). The summed E-state index contributed by atoms with van der Waals surface area (Å²) in [4.78, 5) is 25.0. The molecule has 6 heteroatoms. The van der Waals surface area contributed by atoms with Crippen LogP contribution in [0.3, 0.4) is 0 Å². The van der Waals surface area contributed by atoms with E-state index in [9.17, 15) is 9.59 Å². The van der Waals surface area contributed by atoms with Crippen LogP contribution in [-0.4, -0.2) is 24.5 Å². The van der Waals surface area contributed by atoms with Crippen LogP contribution in [0.4, 0.5) is 5.69 Å². The Kier molecular flexibility index (Phi) is 4.89. The smallest absolute Gasteiger partial charge is 0.265 e. The van der Waals surface area contributed by atoms with Crippen molar-refractivity contribution in [3.8, 4) is 5.75 Å². The summed E-state index contributed by atoms with van der Waals surface area (Å²) in [6.07, 6.45) is 0.750. The first-order valence-corrected chi connectivity index (χ1v) is 9.55. The number of hydrogen-bond acceptors (Lipinski definition) is 4. The van der Waals surface area contributed by atoms with Crippen molar-refractivity contribution in [1.82, 2.24) is 5.32 Å². The molecule has 0 fully saturated rings. The monoisotopic (exact) mass is 378 g/mol. The van der Waals surface area contributed by atoms with Gasteiger partial charge in [-0.3, -0.25) is 9.59 Å². The van der Waals surface area contributed by atoms with Crippen molar-refractivity contribution in [3.05, 3.63) is 82.0 Å². The first kappa shape index (κ1) is 17.3. The average molecular weight is 378 g/mol. The van der Waals surface area contributed by atoms with E-state index < -0.39 is 0 Å². The van der Waals surface area contributed by atoms with E-state index in [-0.39, 0.29) is 17.9 Å². The third-order valence-corrected chi connectivity index (χ3v) is 5.22. The van der Waals surface area contributed by atoms with E-state index in [2.05, 4.69) is 10.6 Å². The fraction of sp³-hybridized carbons (Fsp3) is 0.143. The largest absolute Gasteiger partial charge is 0.488 e. The number of carbonyl (C=O) groups excluding carboxylic acids is 2. The third kappa shape index (κ3) is 4.01. The van der Waals surface area contributed by atoms with Crippen molar-refractivity contribution >= 4 is 28.8 Å². The lowest BCUT2D eigenvalue weighted by molar-refractivity contribution is 0.0933. The number of carbonyl (C=O) groups is 2. The van der Waals surface area contributed by atoms with Gasteiger partial charge in [-0.2, -0.15) is 0 Å². The molecule has 1 atom stereocenters. The Hall–Kier alpha value is -3.12. The number of fused-ring (bicyclic) bond motifs is 1. The summed E-state index contributed by atoms with van der Waals surface area (Å²) in [5, 5.41) is 7.58. The number of amides is 2. The van der Waals surface area contributed by atoms with Crippen LogP contribution in [0.15, 0.2) is 66.0 Å². The zero-order valence-electron chi connectivity index (χ0n) is 14.5. The lowest BCUT2D eigenvalue weighted by atomic mass is 10.1. The highest BCUT2D eigenvalue weighted by Crippen LogP contribution is 2.27. The van der Waals surface area contributed by atoms with Gasteiger partial charge in [0.25, 0.3) is 11.8 Å². The number of rotatable bonds is 5. The van der Waals surface area contributed by atoms with Gasteiger partial charge in [-0.05, 0) is 47.3 Å². The Morgan fingerprint density at radius 3 is 2.56 bits per heavy atom. The first-order chi connectivity index (χ1) is 13.2. The van der Waals surface area contributed by atoms with Gasteiger partial charge in [0.05, 0.1) is 11.4 Å². The molecule has 0 saturated heterocycles. The summed E-state index contributed by atoms with van der Waals surface area (Å²) in [5.41, 5.74) is 2.36. The normalized spacial score (nSPS) is 14.9. The number of ether oxygens (including phenoxy) is 1. The molecule has 27 heavy (non-hydrogen) atoms. The topological polar surface area (TPSA) is 67.4 Å². The molecular weight excluding hydrogens is 360 g/mol. The maximum atomic E-state index is 12.3. The fourth-order valence-electron chi connectivity index (χ4n) is 2.98. The van der Waals surface area contributed by atoms with Crippen molar-refractivity contribution in [1.29, 1.82) is 0 Å². The van der Waals surface area contributed by atoms with Crippen LogP contribution in [-0.2, 0) is 6.42 Å². The second-order valence-corrected chi connectivity index (χ2v) is 7.22. The molecule has 0 spiro atoms. The van der Waals surface area contributed by atoms with Crippen molar-refractivity contribution in [2.75, 3.05) is 11.9 Å². The molecule has 2 aromatic carbocycles. The van der Waals surface area contributed by atoms with Crippen LogP contribution >= 0.6 is 11.3 Å². The van der Waals surface area contributed by atoms with Crippen molar-refractivity contribution < 1.29 is 14.3 Å². The molecular formula is C21H18N2O3S. The summed E-state index contributed by atoms with van der Waals surface area (Å²) in [5.74, 6) is 0.577. The molecule has 0 radical (unpaired) electrons. The molecule has 0 aliphatic carbocycles. The molecule has 1 aliphatic heterocycles. The molecule has 136 valence electrons. The van der Waals surface area contributed by atoms with E-state index in [1.54, 1.807) is 30.3 Å². The van der Waals surface area contributed by atoms with Crippen molar-refractivity contribution in [2.45, 2.75) is 12.5 Å². The lowest BCUT2D eigenvalue weighted by Crippen LogP contribution is -2.34. The fourth-order valence-corrected chi connectivity index (χ4v) is 3.60. The number of hydrogen-bond donors (Lipinski definition) is 2. The van der Waals surface area contributed by atoms with Gasteiger partial charge in [-0.1, -0.05) is 24.3 Å². The van der Waals surface area contributed by atoms with E-state index >= 15 is 0 Å². The molecule has 1 unspecified atom stereocenters. The van der Waals surface area contributed by atoms with E-state index in [4.69, 9.17) is 4.74 Å². The summed E-state index contributed by atoms with van der Waals surface area (Å²) in [7, 11) is 0. The quantitative estimate of drug-likeness (QED) is 0.711. The minimum atomic E-state index is -0.161. The predicted molar refractivity (Wildman–Crippen MR) is 106 cm³/mol. The van der Waals surface area contributed by atoms with Crippen molar-refractivity contribution in [2.24, 2.45) is 0 Å². The summed E-state index contributed by atoms with van der Waals surface area (Å²) >= 11 is 1.38. The predicted octanol–water partition coefficient (Wildman–Crippen LogP) is 3.73. The zero-order chi connectivity index (χ0) is 18.6. The van der Waals surface area contributed by atoms with Crippen LogP contribution in [0.5, 0.6) is 5.75 Å². The number of nitrogens with one attached hydrogen (secondary N) is 2. The minimum absolute atomic E-state index is 0.0456. The number of anilines is 1. The second kappa shape index (κ2) is 7.63. The second-order valence-electron chi connectivity index (χ2n) is 6.27. The Balaban J connectivity index is 1.30. The molecule has 2 amide bonds. The molecule has 1 aliphatic rings. The van der Waals surface area contributed by atoms with E-state index in [0.717, 1.165) is 12.2 Å². The van der Waals surface area contributed by atoms with Gasteiger partial charge in [0.15, 0.2) is 0 Å². The lowest BCUT2D eigenvalue weighted by Gasteiger charge is -2.12. The SMILES string of the molecule is O=C(NCC1Cc2ccccc2O1)c1ccc(NC(=O)c2cccs2)cc1. The Labute approximate surface area is 161 Å². The van der Waals surface area contributed by atoms with Gasteiger partial charge in [0, 0.05) is 17.7 Å². The van der Waals surface area contributed by atoms with E-state index in [0.29, 0.717) is 22.7 Å². The maximum Gasteiger partial charge on any atom is 0.265 e. The van der Waals surface area contributed by atoms with Crippen LogP contribution in [0.1, 0.15) is 25.6 Å². The Morgan fingerprint density at radius 2 is 1.81 bits per heavy atom. The highest BCUT2D eigenvalue weighted by Gasteiger charge is 2.22. The molecule has 5 nitrogen and oxygen atoms in total. The van der Waals surface area contributed by atoms with E-state index in [1.807, 2.05) is 35.7 Å². The highest BCUT2D eigenvalue weighted by molar-refractivity contribution is 7.12. The summed E-state index contributed by atoms with van der Waals surface area (Å²) in [6.45, 7) is 0.449. The number of benzene rings is 2.